The van der Waals surface area contributed by atoms with Crippen molar-refractivity contribution in [3.8, 4) is 0 Å². The van der Waals surface area contributed by atoms with Gasteiger partial charge in [0.1, 0.15) is 0 Å². The lowest BCUT2D eigenvalue weighted by atomic mass is 10.1. The monoisotopic (exact) mass is 274 g/mol. The smallest absolute Gasteiger partial charge is 0.0457 e. The number of halogens is 1. The van der Waals surface area contributed by atoms with Crippen molar-refractivity contribution in [2.24, 2.45) is 5.73 Å². The molecule has 0 atom stereocenters. The summed E-state index contributed by atoms with van der Waals surface area (Å²) in [5.41, 5.74) is 10.5. The van der Waals surface area contributed by atoms with Gasteiger partial charge < -0.3 is 10.6 Å². The van der Waals surface area contributed by atoms with E-state index in [1.54, 1.807) is 0 Å². The first kappa shape index (κ1) is 13.9. The van der Waals surface area contributed by atoms with Crippen molar-refractivity contribution in [3.63, 3.8) is 0 Å². The number of rotatable bonds is 4. The van der Waals surface area contributed by atoms with E-state index in [0.29, 0.717) is 6.54 Å². The molecule has 2 N–H and O–H groups in total. The van der Waals surface area contributed by atoms with Crippen LogP contribution in [0.3, 0.4) is 0 Å². The van der Waals surface area contributed by atoms with Gasteiger partial charge in [-0.1, -0.05) is 29.8 Å². The number of anilines is 2. The molecule has 0 aliphatic heterocycles. The molecule has 0 aliphatic rings. The average molecular weight is 275 g/mol. The molecule has 0 bridgehead atoms. The largest absolute Gasteiger partial charge is 0.341 e. The van der Waals surface area contributed by atoms with Gasteiger partial charge in [0.05, 0.1) is 0 Å². The Labute approximate surface area is 119 Å². The maximum Gasteiger partial charge on any atom is 0.0457 e. The Morgan fingerprint density at radius 1 is 1.11 bits per heavy atom. The molecular formula is C16H19ClN2. The topological polar surface area (TPSA) is 29.3 Å². The first-order valence-electron chi connectivity index (χ1n) is 6.49. The summed E-state index contributed by atoms with van der Waals surface area (Å²) in [6, 6.07) is 14.3. The molecule has 2 nitrogen and oxygen atoms in total. The van der Waals surface area contributed by atoms with Crippen LogP contribution in [0.5, 0.6) is 0 Å². The summed E-state index contributed by atoms with van der Waals surface area (Å²) >= 11 is 6.05. The number of benzene rings is 2. The van der Waals surface area contributed by atoms with Crippen molar-refractivity contribution in [1.29, 1.82) is 0 Å². The highest BCUT2D eigenvalue weighted by molar-refractivity contribution is 6.30. The predicted octanol–water partition coefficient (Wildman–Crippen LogP) is 4.27. The minimum absolute atomic E-state index is 0.484. The molecule has 0 radical (unpaired) electrons. The molecule has 0 spiro atoms. The van der Waals surface area contributed by atoms with Gasteiger partial charge in [-0.05, 0) is 49.2 Å². The van der Waals surface area contributed by atoms with E-state index in [-0.39, 0.29) is 0 Å². The Morgan fingerprint density at radius 2 is 1.84 bits per heavy atom. The van der Waals surface area contributed by atoms with Gasteiger partial charge in [0.15, 0.2) is 0 Å². The first-order chi connectivity index (χ1) is 9.17. The van der Waals surface area contributed by atoms with E-state index in [0.717, 1.165) is 22.8 Å². The summed E-state index contributed by atoms with van der Waals surface area (Å²) in [6.45, 7) is 5.63. The van der Waals surface area contributed by atoms with Gasteiger partial charge >= 0.3 is 0 Å². The molecule has 2 aromatic carbocycles. The number of nitrogens with zero attached hydrogens (tertiary/aromatic N) is 1. The highest BCUT2D eigenvalue weighted by Crippen LogP contribution is 2.32. The van der Waals surface area contributed by atoms with Gasteiger partial charge in [-0.25, -0.2) is 0 Å². The summed E-state index contributed by atoms with van der Waals surface area (Å²) in [5, 5.41) is 0.727. The van der Waals surface area contributed by atoms with Crippen LogP contribution in [0.15, 0.2) is 42.5 Å². The summed E-state index contributed by atoms with van der Waals surface area (Å²) in [5.74, 6) is 0. The number of hydrogen-bond acceptors (Lipinski definition) is 2. The molecule has 19 heavy (non-hydrogen) atoms. The lowest BCUT2D eigenvalue weighted by Crippen LogP contribution is -2.19. The van der Waals surface area contributed by atoms with Crippen molar-refractivity contribution < 1.29 is 0 Å². The molecule has 100 valence electrons. The van der Waals surface area contributed by atoms with Crippen LogP contribution in [-0.4, -0.2) is 6.54 Å². The molecular weight excluding hydrogens is 256 g/mol. The zero-order valence-electron chi connectivity index (χ0n) is 11.4. The lowest BCUT2D eigenvalue weighted by Gasteiger charge is -2.27. The predicted molar refractivity (Wildman–Crippen MR) is 83.2 cm³/mol. The maximum atomic E-state index is 6.05. The maximum absolute atomic E-state index is 6.05. The summed E-state index contributed by atoms with van der Waals surface area (Å²) < 4.78 is 0. The number of aryl methyl sites for hydroxylation is 1. The Kier molecular flexibility index (Phi) is 4.46. The fraction of sp³-hybridized carbons (Fsp3) is 0.250. The highest BCUT2D eigenvalue weighted by Gasteiger charge is 2.13. The van der Waals surface area contributed by atoms with E-state index in [1.807, 2.05) is 18.2 Å². The van der Waals surface area contributed by atoms with Crippen LogP contribution < -0.4 is 10.6 Å². The standard InChI is InChI=1S/C16H19ClN2/c1-3-19(15-7-5-4-6-12(15)2)16-9-8-14(17)10-13(16)11-18/h4-10H,3,11,18H2,1-2H3. The highest BCUT2D eigenvalue weighted by atomic mass is 35.5. The van der Waals surface area contributed by atoms with Crippen LogP contribution in [0, 0.1) is 6.92 Å². The van der Waals surface area contributed by atoms with E-state index >= 15 is 0 Å². The zero-order chi connectivity index (χ0) is 13.8. The SMILES string of the molecule is CCN(c1ccccc1C)c1ccc(Cl)cc1CN. The van der Waals surface area contributed by atoms with Gasteiger partial charge in [-0.3, -0.25) is 0 Å². The molecule has 0 saturated carbocycles. The van der Waals surface area contributed by atoms with Crippen molar-refractivity contribution in [3.05, 3.63) is 58.6 Å². The number of nitrogens with two attached hydrogens (primary N) is 1. The van der Waals surface area contributed by atoms with Crippen LogP contribution >= 0.6 is 11.6 Å². The summed E-state index contributed by atoms with van der Waals surface area (Å²) in [7, 11) is 0. The second-order valence-electron chi connectivity index (χ2n) is 4.51. The molecule has 0 aromatic heterocycles. The van der Waals surface area contributed by atoms with Crippen LogP contribution in [0.25, 0.3) is 0 Å². The molecule has 0 fully saturated rings. The summed E-state index contributed by atoms with van der Waals surface area (Å²) in [6.07, 6.45) is 0. The number of hydrogen-bond donors (Lipinski definition) is 1. The fourth-order valence-corrected chi connectivity index (χ4v) is 2.51. The Morgan fingerprint density at radius 3 is 2.47 bits per heavy atom. The van der Waals surface area contributed by atoms with Crippen LogP contribution in [-0.2, 0) is 6.54 Å². The van der Waals surface area contributed by atoms with E-state index < -0.39 is 0 Å². The first-order valence-corrected chi connectivity index (χ1v) is 6.86. The Hall–Kier alpha value is -1.51. The molecule has 2 rings (SSSR count). The Bertz CT molecular complexity index is 566. The molecule has 0 aliphatic carbocycles. The molecule has 2 aromatic rings. The molecule has 0 saturated heterocycles. The van der Waals surface area contributed by atoms with Gasteiger partial charge in [-0.15, -0.1) is 0 Å². The van der Waals surface area contributed by atoms with Crippen LogP contribution in [0.2, 0.25) is 5.02 Å². The third-order valence-corrected chi connectivity index (χ3v) is 3.51. The summed E-state index contributed by atoms with van der Waals surface area (Å²) in [4.78, 5) is 2.27. The van der Waals surface area contributed by atoms with E-state index in [1.165, 1.54) is 11.3 Å². The third kappa shape index (κ3) is 2.91. The van der Waals surface area contributed by atoms with Crippen molar-refractivity contribution in [1.82, 2.24) is 0 Å². The second kappa shape index (κ2) is 6.09. The van der Waals surface area contributed by atoms with Crippen molar-refractivity contribution in [2.45, 2.75) is 20.4 Å². The van der Waals surface area contributed by atoms with Gasteiger partial charge in [0, 0.05) is 29.5 Å². The fourth-order valence-electron chi connectivity index (χ4n) is 2.32. The molecule has 0 amide bonds. The normalized spacial score (nSPS) is 10.5. The minimum atomic E-state index is 0.484. The molecule has 0 heterocycles. The van der Waals surface area contributed by atoms with E-state index in [4.69, 9.17) is 17.3 Å². The van der Waals surface area contributed by atoms with E-state index in [2.05, 4.69) is 43.0 Å². The molecule has 0 unspecified atom stereocenters. The van der Waals surface area contributed by atoms with Gasteiger partial charge in [0.2, 0.25) is 0 Å². The van der Waals surface area contributed by atoms with Crippen LogP contribution in [0.4, 0.5) is 11.4 Å². The van der Waals surface area contributed by atoms with Crippen molar-refractivity contribution >= 4 is 23.0 Å². The third-order valence-electron chi connectivity index (χ3n) is 3.27. The lowest BCUT2D eigenvalue weighted by molar-refractivity contribution is 0.978. The van der Waals surface area contributed by atoms with Crippen LogP contribution in [0.1, 0.15) is 18.1 Å². The minimum Gasteiger partial charge on any atom is -0.341 e. The quantitative estimate of drug-likeness (QED) is 0.902. The molecule has 3 heteroatoms. The van der Waals surface area contributed by atoms with Gasteiger partial charge in [-0.2, -0.15) is 0 Å². The zero-order valence-corrected chi connectivity index (χ0v) is 12.1. The van der Waals surface area contributed by atoms with E-state index in [9.17, 15) is 0 Å². The Balaban J connectivity index is 2.51. The van der Waals surface area contributed by atoms with Gasteiger partial charge in [0.25, 0.3) is 0 Å². The second-order valence-corrected chi connectivity index (χ2v) is 4.94. The number of para-hydroxylation sites is 1. The average Bonchev–Trinajstić information content (AvgIpc) is 2.43. The van der Waals surface area contributed by atoms with Crippen molar-refractivity contribution in [2.75, 3.05) is 11.4 Å².